The number of nitrogens with zero attached hydrogens (tertiary/aromatic N) is 3. The molecule has 0 unspecified atom stereocenters. The van der Waals surface area contributed by atoms with Crippen LogP contribution >= 0.6 is 0 Å². The van der Waals surface area contributed by atoms with E-state index >= 15 is 0 Å². The van der Waals surface area contributed by atoms with E-state index in [2.05, 4.69) is 14.9 Å². The second-order valence-corrected chi connectivity index (χ2v) is 6.00. The van der Waals surface area contributed by atoms with Crippen LogP contribution < -0.4 is 10.6 Å². The van der Waals surface area contributed by atoms with E-state index in [1.54, 1.807) is 0 Å². The molecule has 2 saturated carbocycles. The normalized spacial score (nSPS) is 18.2. The second kappa shape index (κ2) is 5.95. The third-order valence-corrected chi connectivity index (χ3v) is 3.89. The third kappa shape index (κ3) is 3.82. The lowest BCUT2D eigenvalue weighted by Gasteiger charge is -2.24. The van der Waals surface area contributed by atoms with Gasteiger partial charge in [-0.25, -0.2) is 9.97 Å². The first kappa shape index (κ1) is 13.6. The van der Waals surface area contributed by atoms with Gasteiger partial charge in [-0.05, 0) is 44.4 Å². The Bertz CT molecular complexity index is 443. The highest BCUT2D eigenvalue weighted by atomic mass is 16.5. The van der Waals surface area contributed by atoms with Gasteiger partial charge in [-0.1, -0.05) is 0 Å². The molecule has 110 valence electrons. The molecule has 2 fully saturated rings. The molecule has 3 rings (SSSR count). The maximum absolute atomic E-state index is 5.93. The molecule has 2 N–H and O–H groups in total. The van der Waals surface area contributed by atoms with Crippen LogP contribution in [0.3, 0.4) is 0 Å². The van der Waals surface area contributed by atoms with Gasteiger partial charge >= 0.3 is 0 Å². The Morgan fingerprint density at radius 3 is 2.40 bits per heavy atom. The number of nitrogens with two attached hydrogens (primary N) is 1. The zero-order valence-corrected chi connectivity index (χ0v) is 12.2. The average molecular weight is 276 g/mol. The van der Waals surface area contributed by atoms with Gasteiger partial charge in [-0.3, -0.25) is 0 Å². The molecule has 1 aromatic heterocycles. The Hall–Kier alpha value is -1.36. The number of rotatable bonds is 8. The SMILES string of the molecule is CCOCc1nc(N)cc(N(CC2CC2)CC2CC2)n1. The lowest BCUT2D eigenvalue weighted by atomic mass is 10.3. The van der Waals surface area contributed by atoms with Crippen molar-refractivity contribution in [3.63, 3.8) is 0 Å². The van der Waals surface area contributed by atoms with Crippen molar-refractivity contribution in [2.75, 3.05) is 30.3 Å². The van der Waals surface area contributed by atoms with Crippen LogP contribution in [0.2, 0.25) is 0 Å². The van der Waals surface area contributed by atoms with E-state index in [1.165, 1.54) is 25.7 Å². The smallest absolute Gasteiger partial charge is 0.158 e. The average Bonchev–Trinajstić information content (AvgIpc) is 3.30. The highest BCUT2D eigenvalue weighted by Crippen LogP contribution is 2.35. The Labute approximate surface area is 120 Å². The lowest BCUT2D eigenvalue weighted by Crippen LogP contribution is -2.29. The van der Waals surface area contributed by atoms with Gasteiger partial charge in [0, 0.05) is 25.8 Å². The van der Waals surface area contributed by atoms with Gasteiger partial charge in [0.25, 0.3) is 0 Å². The van der Waals surface area contributed by atoms with Gasteiger partial charge in [0.1, 0.15) is 18.2 Å². The molecule has 0 amide bonds. The fraction of sp³-hybridized carbons (Fsp3) is 0.733. The summed E-state index contributed by atoms with van der Waals surface area (Å²) < 4.78 is 5.40. The standard InChI is InChI=1S/C15H24N4O/c1-2-20-10-14-17-13(16)7-15(18-14)19(8-11-3-4-11)9-12-5-6-12/h7,11-12H,2-6,8-10H2,1H3,(H2,16,17,18). The Kier molecular flexibility index (Phi) is 4.05. The predicted molar refractivity (Wildman–Crippen MR) is 79.4 cm³/mol. The van der Waals surface area contributed by atoms with Crippen molar-refractivity contribution < 1.29 is 4.74 Å². The zero-order valence-electron chi connectivity index (χ0n) is 12.2. The molecule has 0 radical (unpaired) electrons. The van der Waals surface area contributed by atoms with Crippen molar-refractivity contribution in [1.82, 2.24) is 9.97 Å². The van der Waals surface area contributed by atoms with Gasteiger partial charge in [-0.15, -0.1) is 0 Å². The molecule has 5 nitrogen and oxygen atoms in total. The Morgan fingerprint density at radius 1 is 1.20 bits per heavy atom. The van der Waals surface area contributed by atoms with Crippen LogP contribution in [0.15, 0.2) is 6.07 Å². The summed E-state index contributed by atoms with van der Waals surface area (Å²) in [6.07, 6.45) is 5.42. The van der Waals surface area contributed by atoms with Gasteiger partial charge in [0.05, 0.1) is 0 Å². The van der Waals surface area contributed by atoms with Crippen molar-refractivity contribution in [2.45, 2.75) is 39.2 Å². The van der Waals surface area contributed by atoms with E-state index in [9.17, 15) is 0 Å². The fourth-order valence-corrected chi connectivity index (χ4v) is 2.41. The van der Waals surface area contributed by atoms with Crippen LogP contribution in [0.4, 0.5) is 11.6 Å². The summed E-state index contributed by atoms with van der Waals surface area (Å²) in [5.41, 5.74) is 5.93. The minimum atomic E-state index is 0.440. The van der Waals surface area contributed by atoms with Gasteiger partial charge < -0.3 is 15.4 Å². The minimum Gasteiger partial charge on any atom is -0.384 e. The predicted octanol–water partition coefficient (Wildman–Crippen LogP) is 2.22. The summed E-state index contributed by atoms with van der Waals surface area (Å²) in [6.45, 7) is 5.30. The molecule has 0 aliphatic heterocycles. The minimum absolute atomic E-state index is 0.440. The molecule has 0 bridgehead atoms. The van der Waals surface area contributed by atoms with Gasteiger partial charge in [-0.2, -0.15) is 0 Å². The van der Waals surface area contributed by atoms with Crippen molar-refractivity contribution in [3.8, 4) is 0 Å². The van der Waals surface area contributed by atoms with Crippen LogP contribution in [0.1, 0.15) is 38.4 Å². The number of aromatic nitrogens is 2. The molecule has 2 aliphatic carbocycles. The Balaban J connectivity index is 1.74. The van der Waals surface area contributed by atoms with E-state index < -0.39 is 0 Å². The molecule has 0 aromatic carbocycles. The maximum Gasteiger partial charge on any atom is 0.158 e. The number of hydrogen-bond donors (Lipinski definition) is 1. The first-order chi connectivity index (χ1) is 9.74. The first-order valence-electron chi connectivity index (χ1n) is 7.70. The topological polar surface area (TPSA) is 64.3 Å². The third-order valence-electron chi connectivity index (χ3n) is 3.89. The van der Waals surface area contributed by atoms with Gasteiger partial charge in [0.2, 0.25) is 0 Å². The van der Waals surface area contributed by atoms with Crippen molar-refractivity contribution in [2.24, 2.45) is 11.8 Å². The summed E-state index contributed by atoms with van der Waals surface area (Å²) in [6, 6.07) is 1.90. The van der Waals surface area contributed by atoms with Crippen molar-refractivity contribution >= 4 is 11.6 Å². The van der Waals surface area contributed by atoms with E-state index in [0.717, 1.165) is 30.7 Å². The fourth-order valence-electron chi connectivity index (χ4n) is 2.41. The molecule has 1 aromatic rings. The summed E-state index contributed by atoms with van der Waals surface area (Å²) in [4.78, 5) is 11.3. The van der Waals surface area contributed by atoms with E-state index in [0.29, 0.717) is 24.9 Å². The largest absolute Gasteiger partial charge is 0.384 e. The monoisotopic (exact) mass is 276 g/mol. The Morgan fingerprint density at radius 2 is 1.85 bits per heavy atom. The highest BCUT2D eigenvalue weighted by molar-refractivity contribution is 5.47. The van der Waals surface area contributed by atoms with Crippen LogP contribution in [-0.2, 0) is 11.3 Å². The van der Waals surface area contributed by atoms with Crippen molar-refractivity contribution in [3.05, 3.63) is 11.9 Å². The number of ether oxygens (including phenoxy) is 1. The summed E-state index contributed by atoms with van der Waals surface area (Å²) in [5, 5.41) is 0. The summed E-state index contributed by atoms with van der Waals surface area (Å²) in [7, 11) is 0. The molecule has 5 heteroatoms. The van der Waals surface area contributed by atoms with Crippen LogP contribution in [0.25, 0.3) is 0 Å². The quantitative estimate of drug-likeness (QED) is 0.788. The highest BCUT2D eigenvalue weighted by Gasteiger charge is 2.30. The molecule has 0 saturated heterocycles. The van der Waals surface area contributed by atoms with E-state index in [4.69, 9.17) is 10.5 Å². The first-order valence-corrected chi connectivity index (χ1v) is 7.70. The molecule has 20 heavy (non-hydrogen) atoms. The van der Waals surface area contributed by atoms with E-state index in [1.807, 2.05) is 13.0 Å². The molecule has 0 spiro atoms. The molecule has 1 heterocycles. The van der Waals surface area contributed by atoms with E-state index in [-0.39, 0.29) is 0 Å². The molecular formula is C15H24N4O. The lowest BCUT2D eigenvalue weighted by molar-refractivity contribution is 0.128. The van der Waals surface area contributed by atoms with Gasteiger partial charge in [0.15, 0.2) is 5.82 Å². The number of hydrogen-bond acceptors (Lipinski definition) is 5. The molecular weight excluding hydrogens is 252 g/mol. The molecule has 0 atom stereocenters. The summed E-state index contributed by atoms with van der Waals surface area (Å²) in [5.74, 6) is 3.91. The van der Waals surface area contributed by atoms with Crippen LogP contribution in [0.5, 0.6) is 0 Å². The maximum atomic E-state index is 5.93. The molecule has 2 aliphatic rings. The number of anilines is 2. The zero-order chi connectivity index (χ0) is 13.9. The summed E-state index contributed by atoms with van der Waals surface area (Å²) >= 11 is 0. The number of nitrogen functional groups attached to an aromatic ring is 1. The van der Waals surface area contributed by atoms with Crippen LogP contribution in [0, 0.1) is 11.8 Å². The van der Waals surface area contributed by atoms with Crippen molar-refractivity contribution in [1.29, 1.82) is 0 Å². The van der Waals surface area contributed by atoms with Crippen LogP contribution in [-0.4, -0.2) is 29.7 Å². The second-order valence-electron chi connectivity index (χ2n) is 6.00.